The molecule has 1 aromatic rings. The second-order valence-electron chi connectivity index (χ2n) is 6.76. The molecule has 0 spiro atoms. The zero-order valence-corrected chi connectivity index (χ0v) is 14.8. The topological polar surface area (TPSA) is 103 Å². The van der Waals surface area contributed by atoms with Crippen LogP contribution in [0.1, 0.15) is 27.7 Å². The lowest BCUT2D eigenvalue weighted by Gasteiger charge is -2.30. The molecule has 1 atom stereocenters. The van der Waals surface area contributed by atoms with Crippen molar-refractivity contribution in [3.63, 3.8) is 0 Å². The zero-order valence-electron chi connectivity index (χ0n) is 14.8. The molecular weight excluding hydrogens is 322 g/mol. The fourth-order valence-electron chi connectivity index (χ4n) is 2.21. The Morgan fingerprint density at radius 2 is 1.88 bits per heavy atom. The van der Waals surface area contributed by atoms with Crippen molar-refractivity contribution < 1.29 is 14.4 Å². The second kappa shape index (κ2) is 7.33. The van der Waals surface area contributed by atoms with Gasteiger partial charge in [-0.05, 0) is 39.8 Å². The molecule has 3 N–H and O–H groups in total. The summed E-state index contributed by atoms with van der Waals surface area (Å²) in [5, 5.41) is 6.53. The molecule has 0 aromatic heterocycles. The van der Waals surface area contributed by atoms with Crippen LogP contribution in [-0.4, -0.2) is 41.7 Å². The quantitative estimate of drug-likeness (QED) is 0.733. The van der Waals surface area contributed by atoms with E-state index in [9.17, 15) is 14.4 Å². The van der Waals surface area contributed by atoms with Crippen molar-refractivity contribution in [3.8, 4) is 0 Å². The maximum absolute atomic E-state index is 12.3. The normalized spacial score (nSPS) is 17.4. The molecular formula is C17H23N5O3. The molecule has 8 heteroatoms. The largest absolute Gasteiger partial charge is 0.350 e. The number of para-hydroxylation sites is 1. The van der Waals surface area contributed by atoms with E-state index in [-0.39, 0.29) is 29.7 Å². The molecule has 0 bridgehead atoms. The zero-order chi connectivity index (χ0) is 18.6. The molecule has 0 saturated heterocycles. The van der Waals surface area contributed by atoms with E-state index in [4.69, 9.17) is 0 Å². The third-order valence-electron chi connectivity index (χ3n) is 3.27. The Morgan fingerprint density at radius 3 is 2.48 bits per heavy atom. The van der Waals surface area contributed by atoms with Gasteiger partial charge >= 0.3 is 0 Å². The van der Waals surface area contributed by atoms with Crippen molar-refractivity contribution >= 4 is 29.2 Å². The maximum Gasteiger partial charge on any atom is 0.288 e. The number of carbonyl (C=O) groups excluding carboxylic acids is 3. The lowest BCUT2D eigenvalue weighted by molar-refractivity contribution is -0.124. The summed E-state index contributed by atoms with van der Waals surface area (Å²) in [4.78, 5) is 40.4. The highest BCUT2D eigenvalue weighted by Gasteiger charge is 2.30. The van der Waals surface area contributed by atoms with E-state index < -0.39 is 11.9 Å². The molecule has 3 amide bonds. The standard InChI is InChI=1S/C17H23N5O3/c1-11-16(25)22(12-8-6-5-7-9-12)21-14(19-11)15(24)18-10-13(23)20-17(2,3)4/h5-9,11H,10H2,1-4H3,(H,18,24)(H,19,21)(H,20,23). The lowest BCUT2D eigenvalue weighted by atomic mass is 10.1. The average molecular weight is 345 g/mol. The average Bonchev–Trinajstić information content (AvgIpc) is 2.54. The Kier molecular flexibility index (Phi) is 5.41. The summed E-state index contributed by atoms with van der Waals surface area (Å²) in [5.74, 6) is -1.14. The number of rotatable bonds is 4. The Bertz CT molecular complexity index is 694. The number of nitrogens with one attached hydrogen (secondary N) is 3. The van der Waals surface area contributed by atoms with Crippen molar-refractivity contribution in [2.75, 3.05) is 11.6 Å². The van der Waals surface area contributed by atoms with Gasteiger partial charge in [-0.15, -0.1) is 0 Å². The van der Waals surface area contributed by atoms with Gasteiger partial charge in [0.2, 0.25) is 11.7 Å². The minimum atomic E-state index is -0.703. The van der Waals surface area contributed by atoms with Crippen LogP contribution in [-0.2, 0) is 14.4 Å². The van der Waals surface area contributed by atoms with Crippen LogP contribution in [0.4, 0.5) is 5.69 Å². The number of amidine groups is 1. The van der Waals surface area contributed by atoms with Crippen LogP contribution in [0.25, 0.3) is 0 Å². The first-order chi connectivity index (χ1) is 11.7. The van der Waals surface area contributed by atoms with E-state index in [2.05, 4.69) is 21.1 Å². The molecule has 25 heavy (non-hydrogen) atoms. The van der Waals surface area contributed by atoms with Crippen molar-refractivity contribution in [2.24, 2.45) is 4.99 Å². The van der Waals surface area contributed by atoms with Crippen LogP contribution in [0.15, 0.2) is 35.3 Å². The van der Waals surface area contributed by atoms with Gasteiger partial charge in [0.15, 0.2) is 0 Å². The van der Waals surface area contributed by atoms with Crippen LogP contribution < -0.4 is 21.1 Å². The molecule has 1 unspecified atom stereocenters. The number of aliphatic imine (C=N–C) groups is 1. The highest BCUT2D eigenvalue weighted by Crippen LogP contribution is 2.15. The van der Waals surface area contributed by atoms with Gasteiger partial charge in [0.25, 0.3) is 11.8 Å². The third kappa shape index (κ3) is 5.03. The third-order valence-corrected chi connectivity index (χ3v) is 3.27. The van der Waals surface area contributed by atoms with E-state index in [0.29, 0.717) is 5.69 Å². The molecule has 0 saturated carbocycles. The van der Waals surface area contributed by atoms with Crippen molar-refractivity contribution in [2.45, 2.75) is 39.3 Å². The van der Waals surface area contributed by atoms with Crippen molar-refractivity contribution in [1.29, 1.82) is 0 Å². The maximum atomic E-state index is 12.3. The van der Waals surface area contributed by atoms with Gasteiger partial charge in [0.05, 0.1) is 12.2 Å². The van der Waals surface area contributed by atoms with E-state index in [1.807, 2.05) is 26.8 Å². The summed E-state index contributed by atoms with van der Waals surface area (Å²) in [7, 11) is 0. The Morgan fingerprint density at radius 1 is 1.24 bits per heavy atom. The van der Waals surface area contributed by atoms with Gasteiger partial charge in [0, 0.05) is 5.54 Å². The first-order valence-corrected chi connectivity index (χ1v) is 8.00. The van der Waals surface area contributed by atoms with E-state index >= 15 is 0 Å². The van der Waals surface area contributed by atoms with Crippen LogP contribution in [0.3, 0.4) is 0 Å². The number of hydrogen-bond donors (Lipinski definition) is 3. The molecule has 0 radical (unpaired) electrons. The Balaban J connectivity index is 2.03. The number of anilines is 1. The molecule has 2 rings (SSSR count). The number of hydrazine groups is 1. The first-order valence-electron chi connectivity index (χ1n) is 8.00. The molecule has 0 aliphatic carbocycles. The smallest absolute Gasteiger partial charge is 0.288 e. The minimum absolute atomic E-state index is 0.0143. The van der Waals surface area contributed by atoms with E-state index in [0.717, 1.165) is 0 Å². The van der Waals surface area contributed by atoms with Crippen LogP contribution in [0, 0.1) is 0 Å². The molecule has 1 heterocycles. The summed E-state index contributed by atoms with van der Waals surface area (Å²) in [5.41, 5.74) is 2.93. The molecule has 134 valence electrons. The number of carbonyl (C=O) groups is 3. The SMILES string of the molecule is CC1N=C(C(=O)NCC(=O)NC(C)(C)C)NN(c2ccccc2)C1=O. The molecule has 0 fully saturated rings. The second-order valence-corrected chi connectivity index (χ2v) is 6.76. The Labute approximate surface area is 146 Å². The number of nitrogens with zero attached hydrogens (tertiary/aromatic N) is 2. The Hall–Kier alpha value is -2.90. The number of hydrogen-bond acceptors (Lipinski definition) is 5. The number of amides is 3. The van der Waals surface area contributed by atoms with Crippen molar-refractivity contribution in [1.82, 2.24) is 16.1 Å². The van der Waals surface area contributed by atoms with Gasteiger partial charge in [0.1, 0.15) is 6.04 Å². The van der Waals surface area contributed by atoms with Crippen LogP contribution >= 0.6 is 0 Å². The van der Waals surface area contributed by atoms with Gasteiger partial charge in [-0.3, -0.25) is 19.8 Å². The number of benzene rings is 1. The fraction of sp³-hybridized carbons (Fsp3) is 0.412. The first kappa shape index (κ1) is 18.4. The van der Waals surface area contributed by atoms with Crippen molar-refractivity contribution in [3.05, 3.63) is 30.3 Å². The van der Waals surface area contributed by atoms with E-state index in [1.54, 1.807) is 31.2 Å². The fourth-order valence-corrected chi connectivity index (χ4v) is 2.21. The highest BCUT2D eigenvalue weighted by molar-refractivity contribution is 6.39. The van der Waals surface area contributed by atoms with Gasteiger partial charge in [-0.25, -0.2) is 10.0 Å². The van der Waals surface area contributed by atoms with Gasteiger partial charge < -0.3 is 10.6 Å². The summed E-state index contributed by atoms with van der Waals surface area (Å²) in [6.45, 7) is 6.99. The monoisotopic (exact) mass is 345 g/mol. The minimum Gasteiger partial charge on any atom is -0.350 e. The predicted molar refractivity (Wildman–Crippen MR) is 94.9 cm³/mol. The van der Waals surface area contributed by atoms with Crippen LogP contribution in [0.5, 0.6) is 0 Å². The molecule has 1 aliphatic rings. The summed E-state index contributed by atoms with van der Waals surface area (Å²) in [6, 6.07) is 8.20. The summed E-state index contributed by atoms with van der Waals surface area (Å²) < 4.78 is 0. The van der Waals surface area contributed by atoms with Gasteiger partial charge in [-0.2, -0.15) is 0 Å². The highest BCUT2D eigenvalue weighted by atomic mass is 16.2. The van der Waals surface area contributed by atoms with Gasteiger partial charge in [-0.1, -0.05) is 18.2 Å². The lowest BCUT2D eigenvalue weighted by Crippen LogP contribution is -2.58. The summed E-state index contributed by atoms with van der Waals surface area (Å²) >= 11 is 0. The van der Waals surface area contributed by atoms with Crippen LogP contribution in [0.2, 0.25) is 0 Å². The molecule has 1 aromatic carbocycles. The summed E-state index contributed by atoms with van der Waals surface area (Å²) in [6.07, 6.45) is 0. The van der Waals surface area contributed by atoms with E-state index in [1.165, 1.54) is 5.01 Å². The molecule has 8 nitrogen and oxygen atoms in total. The predicted octanol–water partition coefficient (Wildman–Crippen LogP) is 0.356. The molecule has 1 aliphatic heterocycles.